The first kappa shape index (κ1) is 13.7. The maximum atomic E-state index is 13.4. The van der Waals surface area contributed by atoms with Gasteiger partial charge in [0.25, 0.3) is 0 Å². The lowest BCUT2D eigenvalue weighted by Gasteiger charge is -2.06. The van der Waals surface area contributed by atoms with Crippen LogP contribution in [-0.2, 0) is 6.54 Å². The van der Waals surface area contributed by atoms with Crippen molar-refractivity contribution in [1.29, 1.82) is 0 Å². The summed E-state index contributed by atoms with van der Waals surface area (Å²) in [5.74, 6) is -3.02. The monoisotopic (exact) mass is 278 g/mol. The van der Waals surface area contributed by atoms with Crippen molar-refractivity contribution in [3.63, 3.8) is 0 Å². The van der Waals surface area contributed by atoms with Gasteiger partial charge in [-0.15, -0.1) is 0 Å². The van der Waals surface area contributed by atoms with E-state index in [9.17, 15) is 14.0 Å². The van der Waals surface area contributed by atoms with E-state index in [-0.39, 0.29) is 23.7 Å². The van der Waals surface area contributed by atoms with Crippen LogP contribution in [0.5, 0.6) is 5.75 Å². The summed E-state index contributed by atoms with van der Waals surface area (Å²) < 4.78 is 19.5. The van der Waals surface area contributed by atoms with Gasteiger partial charge in [-0.1, -0.05) is 12.1 Å². The minimum absolute atomic E-state index is 0.0480. The Labute approximate surface area is 113 Å². The van der Waals surface area contributed by atoms with Crippen molar-refractivity contribution < 1.29 is 23.8 Å². The van der Waals surface area contributed by atoms with Crippen LogP contribution in [0.2, 0.25) is 0 Å². The molecule has 0 bridgehead atoms. The van der Waals surface area contributed by atoms with Crippen LogP contribution >= 0.6 is 0 Å². The normalized spacial score (nSPS) is 10.3. The molecule has 0 unspecified atom stereocenters. The second kappa shape index (κ2) is 5.52. The summed E-state index contributed by atoms with van der Waals surface area (Å²) in [6.07, 6.45) is 0. The number of nitrogens with zero attached hydrogens (tertiary/aromatic N) is 2. The largest absolute Gasteiger partial charge is 0.476 e. The van der Waals surface area contributed by atoms with E-state index in [2.05, 4.69) is 5.10 Å². The standard InChI is InChI=1S/C13H11FN2O4/c1-2-16-10(7-9(15-16)12(17)18)13(19)20-11-6-4-3-5-8(11)14/h3-7H,2H2,1H3,(H,17,18). The Morgan fingerprint density at radius 2 is 2.10 bits per heavy atom. The Hall–Kier alpha value is -2.70. The van der Waals surface area contributed by atoms with E-state index in [0.717, 1.165) is 12.1 Å². The van der Waals surface area contributed by atoms with Gasteiger partial charge in [0.1, 0.15) is 5.69 Å². The molecule has 0 radical (unpaired) electrons. The predicted octanol–water partition coefficient (Wildman–Crippen LogP) is 1.96. The van der Waals surface area contributed by atoms with Crippen molar-refractivity contribution >= 4 is 11.9 Å². The molecule has 0 atom stereocenters. The number of aromatic carboxylic acids is 1. The molecule has 0 aliphatic carbocycles. The second-order valence-corrected chi connectivity index (χ2v) is 3.86. The highest BCUT2D eigenvalue weighted by molar-refractivity contribution is 5.93. The van der Waals surface area contributed by atoms with Gasteiger partial charge in [-0.3, -0.25) is 4.68 Å². The number of halogens is 1. The molecule has 0 saturated carbocycles. The maximum Gasteiger partial charge on any atom is 0.362 e. The van der Waals surface area contributed by atoms with Gasteiger partial charge >= 0.3 is 11.9 Å². The third-order valence-corrected chi connectivity index (χ3v) is 2.55. The van der Waals surface area contributed by atoms with Crippen molar-refractivity contribution in [2.45, 2.75) is 13.5 Å². The third kappa shape index (κ3) is 2.66. The maximum absolute atomic E-state index is 13.4. The number of hydrogen-bond acceptors (Lipinski definition) is 4. The summed E-state index contributed by atoms with van der Waals surface area (Å²) in [4.78, 5) is 22.8. The molecule has 1 aromatic carbocycles. The van der Waals surface area contributed by atoms with Gasteiger partial charge in [-0.05, 0) is 19.1 Å². The lowest BCUT2D eigenvalue weighted by molar-refractivity contribution is 0.0686. The van der Waals surface area contributed by atoms with Crippen LogP contribution in [0, 0.1) is 5.82 Å². The number of rotatable bonds is 4. The Morgan fingerprint density at radius 3 is 2.70 bits per heavy atom. The van der Waals surface area contributed by atoms with Crippen molar-refractivity contribution in [1.82, 2.24) is 9.78 Å². The van der Waals surface area contributed by atoms with Crippen LogP contribution in [0.25, 0.3) is 0 Å². The molecule has 1 heterocycles. The first-order valence-corrected chi connectivity index (χ1v) is 5.80. The van der Waals surface area contributed by atoms with E-state index in [1.807, 2.05) is 0 Å². The number of aromatic nitrogens is 2. The summed E-state index contributed by atoms with van der Waals surface area (Å²) in [6, 6.07) is 6.53. The van der Waals surface area contributed by atoms with E-state index < -0.39 is 17.8 Å². The molecule has 7 heteroatoms. The van der Waals surface area contributed by atoms with E-state index in [1.54, 1.807) is 6.92 Å². The van der Waals surface area contributed by atoms with Gasteiger partial charge < -0.3 is 9.84 Å². The first-order chi connectivity index (χ1) is 9.52. The van der Waals surface area contributed by atoms with Gasteiger partial charge in [-0.25, -0.2) is 14.0 Å². The van der Waals surface area contributed by atoms with E-state index in [1.165, 1.54) is 22.9 Å². The van der Waals surface area contributed by atoms with Crippen molar-refractivity contribution in [2.24, 2.45) is 0 Å². The smallest absolute Gasteiger partial charge is 0.362 e. The van der Waals surface area contributed by atoms with E-state index in [4.69, 9.17) is 9.84 Å². The number of carboxylic acid groups (broad SMARTS) is 1. The fourth-order valence-corrected chi connectivity index (χ4v) is 1.61. The van der Waals surface area contributed by atoms with Gasteiger partial charge in [0.05, 0.1) is 0 Å². The Morgan fingerprint density at radius 1 is 1.40 bits per heavy atom. The molecule has 0 aliphatic heterocycles. The fraction of sp³-hybridized carbons (Fsp3) is 0.154. The highest BCUT2D eigenvalue weighted by atomic mass is 19.1. The number of carbonyl (C=O) groups is 2. The third-order valence-electron chi connectivity index (χ3n) is 2.55. The van der Waals surface area contributed by atoms with Crippen molar-refractivity contribution in [3.8, 4) is 5.75 Å². The van der Waals surface area contributed by atoms with Crippen LogP contribution in [0.4, 0.5) is 4.39 Å². The number of esters is 1. The number of benzene rings is 1. The number of para-hydroxylation sites is 1. The summed E-state index contributed by atoms with van der Waals surface area (Å²) >= 11 is 0. The Kier molecular flexibility index (Phi) is 3.79. The highest BCUT2D eigenvalue weighted by Gasteiger charge is 2.20. The van der Waals surface area contributed by atoms with Crippen LogP contribution in [-0.4, -0.2) is 26.8 Å². The number of ether oxygens (including phenoxy) is 1. The quantitative estimate of drug-likeness (QED) is 0.683. The zero-order chi connectivity index (χ0) is 14.7. The molecule has 20 heavy (non-hydrogen) atoms. The summed E-state index contributed by atoms with van der Waals surface area (Å²) in [5.41, 5.74) is -0.319. The average Bonchev–Trinajstić information content (AvgIpc) is 2.85. The summed E-state index contributed by atoms with van der Waals surface area (Å²) in [7, 11) is 0. The molecule has 0 saturated heterocycles. The van der Waals surface area contributed by atoms with Gasteiger partial charge in [0, 0.05) is 12.6 Å². The zero-order valence-corrected chi connectivity index (χ0v) is 10.5. The van der Waals surface area contributed by atoms with Crippen LogP contribution in [0.1, 0.15) is 27.9 Å². The lowest BCUT2D eigenvalue weighted by Crippen LogP contribution is -2.15. The summed E-state index contributed by atoms with van der Waals surface area (Å²) in [6.45, 7) is 1.98. The fourth-order valence-electron chi connectivity index (χ4n) is 1.61. The molecule has 0 spiro atoms. The molecule has 0 aliphatic rings. The number of hydrogen-bond donors (Lipinski definition) is 1. The molecule has 0 amide bonds. The molecular weight excluding hydrogens is 267 g/mol. The van der Waals surface area contributed by atoms with Gasteiger partial charge in [0.15, 0.2) is 17.3 Å². The topological polar surface area (TPSA) is 81.4 Å². The SMILES string of the molecule is CCn1nc(C(=O)O)cc1C(=O)Oc1ccccc1F. The molecule has 0 fully saturated rings. The Bertz CT molecular complexity index is 666. The van der Waals surface area contributed by atoms with E-state index >= 15 is 0 Å². The Balaban J connectivity index is 2.29. The molecule has 2 rings (SSSR count). The first-order valence-electron chi connectivity index (χ1n) is 5.80. The van der Waals surface area contributed by atoms with Crippen LogP contribution in [0.15, 0.2) is 30.3 Å². The van der Waals surface area contributed by atoms with Crippen molar-refractivity contribution in [2.75, 3.05) is 0 Å². The molecular formula is C13H11FN2O4. The zero-order valence-electron chi connectivity index (χ0n) is 10.5. The molecule has 6 nitrogen and oxygen atoms in total. The second-order valence-electron chi connectivity index (χ2n) is 3.86. The van der Waals surface area contributed by atoms with Gasteiger partial charge in [-0.2, -0.15) is 5.10 Å². The molecule has 1 aromatic heterocycles. The predicted molar refractivity (Wildman–Crippen MR) is 66.2 cm³/mol. The lowest BCUT2D eigenvalue weighted by atomic mass is 10.3. The number of carboxylic acids is 1. The summed E-state index contributed by atoms with van der Waals surface area (Å²) in [5, 5.41) is 12.6. The van der Waals surface area contributed by atoms with E-state index in [0.29, 0.717) is 0 Å². The van der Waals surface area contributed by atoms with Crippen molar-refractivity contribution in [3.05, 3.63) is 47.5 Å². The minimum Gasteiger partial charge on any atom is -0.476 e. The number of aryl methyl sites for hydroxylation is 1. The minimum atomic E-state index is -1.25. The number of carbonyl (C=O) groups excluding carboxylic acids is 1. The highest BCUT2D eigenvalue weighted by Crippen LogP contribution is 2.17. The van der Waals surface area contributed by atoms with Gasteiger partial charge in [0.2, 0.25) is 0 Å². The average molecular weight is 278 g/mol. The molecule has 104 valence electrons. The van der Waals surface area contributed by atoms with Crippen LogP contribution < -0.4 is 4.74 Å². The van der Waals surface area contributed by atoms with Crippen LogP contribution in [0.3, 0.4) is 0 Å². The molecule has 2 aromatic rings. The molecule has 1 N–H and O–H groups in total.